The monoisotopic (exact) mass is 268 g/mol. The highest BCUT2D eigenvalue weighted by Gasteiger charge is 2.38. The minimum absolute atomic E-state index is 0.402. The fourth-order valence-electron chi connectivity index (χ4n) is 3.55. The highest BCUT2D eigenvalue weighted by atomic mass is 16.5. The summed E-state index contributed by atoms with van der Waals surface area (Å²) in [5.41, 5.74) is 0.402. The molecule has 3 heteroatoms. The first-order chi connectivity index (χ1) is 9.18. The summed E-state index contributed by atoms with van der Waals surface area (Å²) in [4.78, 5) is 2.72. The van der Waals surface area contributed by atoms with Gasteiger partial charge >= 0.3 is 0 Å². The van der Waals surface area contributed by atoms with Crippen LogP contribution in [0.3, 0.4) is 0 Å². The molecule has 3 unspecified atom stereocenters. The van der Waals surface area contributed by atoms with Gasteiger partial charge in [0, 0.05) is 25.7 Å². The molecule has 0 aromatic carbocycles. The van der Waals surface area contributed by atoms with Crippen LogP contribution in [-0.2, 0) is 4.74 Å². The Bertz CT molecular complexity index is 271. The van der Waals surface area contributed by atoms with Crippen molar-refractivity contribution in [3.05, 3.63) is 0 Å². The summed E-state index contributed by atoms with van der Waals surface area (Å²) >= 11 is 0. The van der Waals surface area contributed by atoms with Crippen molar-refractivity contribution < 1.29 is 4.74 Å². The highest BCUT2D eigenvalue weighted by molar-refractivity contribution is 4.92. The Balaban J connectivity index is 1.89. The Kier molecular flexibility index (Phi) is 5.67. The standard InChI is InChI=1S/C16H32N2O/c1-4-9-17-12-16(3,5-2)13-18-10-11-19-15-8-6-7-14(15)18/h14-15,17H,4-13H2,1-3H3. The number of fused-ring (bicyclic) bond motifs is 1. The molecule has 1 N–H and O–H groups in total. The van der Waals surface area contributed by atoms with Crippen molar-refractivity contribution in [1.82, 2.24) is 10.2 Å². The van der Waals surface area contributed by atoms with E-state index in [1.165, 1.54) is 38.6 Å². The average Bonchev–Trinajstić information content (AvgIpc) is 2.88. The summed E-state index contributed by atoms with van der Waals surface area (Å²) in [5, 5.41) is 3.62. The first-order valence-electron chi connectivity index (χ1n) is 8.25. The van der Waals surface area contributed by atoms with E-state index in [-0.39, 0.29) is 0 Å². The van der Waals surface area contributed by atoms with Gasteiger partial charge in [-0.15, -0.1) is 0 Å². The van der Waals surface area contributed by atoms with E-state index < -0.39 is 0 Å². The van der Waals surface area contributed by atoms with Crippen molar-refractivity contribution in [3.63, 3.8) is 0 Å². The summed E-state index contributed by atoms with van der Waals surface area (Å²) < 4.78 is 5.92. The number of rotatable bonds is 7. The van der Waals surface area contributed by atoms with Crippen molar-refractivity contribution in [2.45, 2.75) is 65.0 Å². The van der Waals surface area contributed by atoms with Gasteiger partial charge in [0.1, 0.15) is 0 Å². The van der Waals surface area contributed by atoms with Gasteiger partial charge in [0.2, 0.25) is 0 Å². The Morgan fingerprint density at radius 2 is 2.16 bits per heavy atom. The van der Waals surface area contributed by atoms with Crippen LogP contribution in [0.15, 0.2) is 0 Å². The van der Waals surface area contributed by atoms with Gasteiger partial charge in [-0.25, -0.2) is 0 Å². The molecule has 1 saturated carbocycles. The van der Waals surface area contributed by atoms with Gasteiger partial charge in [0.25, 0.3) is 0 Å². The Morgan fingerprint density at radius 3 is 2.89 bits per heavy atom. The summed E-state index contributed by atoms with van der Waals surface area (Å²) in [6, 6.07) is 0.700. The normalized spacial score (nSPS) is 31.1. The molecular formula is C16H32N2O. The minimum atomic E-state index is 0.402. The van der Waals surface area contributed by atoms with Gasteiger partial charge < -0.3 is 10.1 Å². The van der Waals surface area contributed by atoms with Gasteiger partial charge in [-0.2, -0.15) is 0 Å². The van der Waals surface area contributed by atoms with Crippen LogP contribution in [0.4, 0.5) is 0 Å². The van der Waals surface area contributed by atoms with E-state index in [0.717, 1.165) is 26.2 Å². The van der Waals surface area contributed by atoms with E-state index in [0.29, 0.717) is 17.6 Å². The Hall–Kier alpha value is -0.120. The lowest BCUT2D eigenvalue weighted by molar-refractivity contribution is -0.0675. The van der Waals surface area contributed by atoms with Crippen molar-refractivity contribution in [2.75, 3.05) is 32.8 Å². The third-order valence-corrected chi connectivity index (χ3v) is 5.01. The fourth-order valence-corrected chi connectivity index (χ4v) is 3.55. The van der Waals surface area contributed by atoms with Gasteiger partial charge in [0.05, 0.1) is 12.7 Å². The van der Waals surface area contributed by atoms with Crippen molar-refractivity contribution in [3.8, 4) is 0 Å². The van der Waals surface area contributed by atoms with Gasteiger partial charge in [-0.1, -0.05) is 20.8 Å². The van der Waals surface area contributed by atoms with Crippen LogP contribution in [0.25, 0.3) is 0 Å². The van der Waals surface area contributed by atoms with E-state index in [1.54, 1.807) is 0 Å². The molecule has 0 aromatic rings. The summed E-state index contributed by atoms with van der Waals surface area (Å²) in [5.74, 6) is 0. The lowest BCUT2D eigenvalue weighted by atomic mass is 9.86. The van der Waals surface area contributed by atoms with Gasteiger partial charge in [-0.05, 0) is 44.1 Å². The summed E-state index contributed by atoms with van der Waals surface area (Å²) in [7, 11) is 0. The fraction of sp³-hybridized carbons (Fsp3) is 1.00. The zero-order valence-corrected chi connectivity index (χ0v) is 13.1. The van der Waals surface area contributed by atoms with Gasteiger partial charge in [0.15, 0.2) is 0 Å². The van der Waals surface area contributed by atoms with Crippen LogP contribution in [-0.4, -0.2) is 49.8 Å². The second-order valence-corrected chi connectivity index (χ2v) is 6.72. The second kappa shape index (κ2) is 7.05. The largest absolute Gasteiger partial charge is 0.375 e. The topological polar surface area (TPSA) is 24.5 Å². The van der Waals surface area contributed by atoms with Gasteiger partial charge in [-0.3, -0.25) is 4.90 Å². The van der Waals surface area contributed by atoms with E-state index in [4.69, 9.17) is 4.74 Å². The van der Waals surface area contributed by atoms with Crippen molar-refractivity contribution >= 4 is 0 Å². The Morgan fingerprint density at radius 1 is 1.32 bits per heavy atom. The first-order valence-corrected chi connectivity index (χ1v) is 8.25. The first kappa shape index (κ1) is 15.3. The molecule has 2 fully saturated rings. The van der Waals surface area contributed by atoms with E-state index >= 15 is 0 Å². The summed E-state index contributed by atoms with van der Waals surface area (Å²) in [6.07, 6.45) is 6.97. The molecule has 0 amide bonds. The molecule has 2 aliphatic rings. The van der Waals surface area contributed by atoms with Crippen LogP contribution in [0.1, 0.15) is 52.9 Å². The predicted octanol–water partition coefficient (Wildman–Crippen LogP) is 2.66. The molecule has 0 spiro atoms. The zero-order chi connectivity index (χ0) is 13.7. The smallest absolute Gasteiger partial charge is 0.0730 e. The molecule has 0 bridgehead atoms. The number of ether oxygens (including phenoxy) is 1. The van der Waals surface area contributed by atoms with Crippen molar-refractivity contribution in [1.29, 1.82) is 0 Å². The Labute approximate surface area is 119 Å². The number of nitrogens with one attached hydrogen (secondary N) is 1. The molecule has 19 heavy (non-hydrogen) atoms. The van der Waals surface area contributed by atoms with Crippen LogP contribution in [0.2, 0.25) is 0 Å². The number of nitrogens with zero attached hydrogens (tertiary/aromatic N) is 1. The molecular weight excluding hydrogens is 236 g/mol. The van der Waals surface area contributed by atoms with Crippen LogP contribution < -0.4 is 5.32 Å². The molecule has 1 saturated heterocycles. The SMILES string of the molecule is CCCNCC(C)(CC)CN1CCOC2CCCC21. The molecule has 0 aromatic heterocycles. The maximum Gasteiger partial charge on any atom is 0.0730 e. The molecule has 1 heterocycles. The maximum absolute atomic E-state index is 5.92. The highest BCUT2D eigenvalue weighted by Crippen LogP contribution is 2.32. The van der Waals surface area contributed by atoms with E-state index in [9.17, 15) is 0 Å². The third-order valence-electron chi connectivity index (χ3n) is 5.01. The van der Waals surface area contributed by atoms with Crippen LogP contribution in [0.5, 0.6) is 0 Å². The zero-order valence-electron chi connectivity index (χ0n) is 13.1. The minimum Gasteiger partial charge on any atom is -0.375 e. The number of hydrogen-bond acceptors (Lipinski definition) is 3. The molecule has 1 aliphatic carbocycles. The molecule has 2 rings (SSSR count). The maximum atomic E-state index is 5.92. The van der Waals surface area contributed by atoms with Crippen LogP contribution in [0, 0.1) is 5.41 Å². The lowest BCUT2D eigenvalue weighted by Crippen LogP contribution is -2.53. The number of hydrogen-bond donors (Lipinski definition) is 1. The molecule has 112 valence electrons. The number of morpholine rings is 1. The quantitative estimate of drug-likeness (QED) is 0.718. The molecule has 3 nitrogen and oxygen atoms in total. The van der Waals surface area contributed by atoms with E-state index in [1.807, 2.05) is 0 Å². The average molecular weight is 268 g/mol. The molecule has 1 aliphatic heterocycles. The predicted molar refractivity (Wildman–Crippen MR) is 80.5 cm³/mol. The van der Waals surface area contributed by atoms with E-state index in [2.05, 4.69) is 31.0 Å². The summed E-state index contributed by atoms with van der Waals surface area (Å²) in [6.45, 7) is 12.6. The van der Waals surface area contributed by atoms with Crippen molar-refractivity contribution in [2.24, 2.45) is 5.41 Å². The second-order valence-electron chi connectivity index (χ2n) is 6.72. The lowest BCUT2D eigenvalue weighted by Gasteiger charge is -2.43. The molecule has 0 radical (unpaired) electrons. The van der Waals surface area contributed by atoms with Crippen LogP contribution >= 0.6 is 0 Å². The molecule has 3 atom stereocenters. The third kappa shape index (κ3) is 3.93.